The molecule has 0 spiro atoms. The summed E-state index contributed by atoms with van der Waals surface area (Å²) in [6.07, 6.45) is 2.18. The van der Waals surface area contributed by atoms with E-state index in [2.05, 4.69) is 9.72 Å². The minimum atomic E-state index is 0.437. The zero-order valence-electron chi connectivity index (χ0n) is 7.11. The van der Waals surface area contributed by atoms with Gasteiger partial charge >= 0.3 is 0 Å². The Morgan fingerprint density at radius 2 is 2.42 bits per heavy atom. The average molecular weight is 188 g/mol. The zero-order valence-corrected chi connectivity index (χ0v) is 7.93. The van der Waals surface area contributed by atoms with Crippen LogP contribution in [0.4, 0.5) is 5.13 Å². The number of nitrogen functional groups attached to an aromatic ring is 1. The summed E-state index contributed by atoms with van der Waals surface area (Å²) >= 11 is 1.19. The van der Waals surface area contributed by atoms with Gasteiger partial charge in [0.1, 0.15) is 0 Å². The SMILES string of the molecule is CCOC.Nc1ncc(C=O)s1. The molecule has 0 saturated heterocycles. The highest BCUT2D eigenvalue weighted by Gasteiger charge is 1.92. The Hall–Kier alpha value is -0.940. The minimum Gasteiger partial charge on any atom is -0.385 e. The van der Waals surface area contributed by atoms with Crippen LogP contribution in [-0.2, 0) is 4.74 Å². The number of ether oxygens (including phenoxy) is 1. The van der Waals surface area contributed by atoms with Crippen molar-refractivity contribution in [1.82, 2.24) is 4.98 Å². The highest BCUT2D eigenvalue weighted by atomic mass is 32.1. The van der Waals surface area contributed by atoms with E-state index in [4.69, 9.17) is 5.73 Å². The first-order valence-electron chi connectivity index (χ1n) is 3.40. The van der Waals surface area contributed by atoms with Crippen LogP contribution in [0.3, 0.4) is 0 Å². The number of rotatable bonds is 2. The normalized spacial score (nSPS) is 8.50. The lowest BCUT2D eigenvalue weighted by Gasteiger charge is -1.76. The van der Waals surface area contributed by atoms with E-state index in [1.54, 1.807) is 7.11 Å². The van der Waals surface area contributed by atoms with Gasteiger partial charge < -0.3 is 10.5 Å². The van der Waals surface area contributed by atoms with Crippen LogP contribution in [0.2, 0.25) is 0 Å². The second-order valence-electron chi connectivity index (χ2n) is 1.80. The molecule has 0 unspecified atom stereocenters. The lowest BCUT2D eigenvalue weighted by atomic mass is 10.6. The fourth-order valence-corrected chi connectivity index (χ4v) is 0.856. The van der Waals surface area contributed by atoms with E-state index < -0.39 is 0 Å². The summed E-state index contributed by atoms with van der Waals surface area (Å²) < 4.78 is 4.54. The number of carbonyl (C=O) groups excluding carboxylic acids is 1. The lowest BCUT2D eigenvalue weighted by molar-refractivity contribution is 0.112. The maximum atomic E-state index is 9.93. The largest absolute Gasteiger partial charge is 0.385 e. The summed E-state index contributed by atoms with van der Waals surface area (Å²) in [5, 5.41) is 0.437. The molecule has 0 fully saturated rings. The van der Waals surface area contributed by atoms with Crippen molar-refractivity contribution < 1.29 is 9.53 Å². The maximum absolute atomic E-state index is 9.93. The Balaban J connectivity index is 0.000000261. The molecule has 0 aliphatic rings. The summed E-state index contributed by atoms with van der Waals surface area (Å²) in [4.78, 5) is 14.2. The van der Waals surface area contributed by atoms with Gasteiger partial charge in [0.05, 0.1) is 11.1 Å². The molecule has 0 saturated carbocycles. The van der Waals surface area contributed by atoms with Crippen LogP contribution < -0.4 is 5.73 Å². The molecule has 2 N–H and O–H groups in total. The van der Waals surface area contributed by atoms with Gasteiger partial charge in [-0.3, -0.25) is 4.79 Å². The number of carbonyl (C=O) groups is 1. The van der Waals surface area contributed by atoms with Gasteiger partial charge in [-0.2, -0.15) is 0 Å². The third-order valence-electron chi connectivity index (χ3n) is 0.946. The summed E-state index contributed by atoms with van der Waals surface area (Å²) in [7, 11) is 1.68. The highest BCUT2D eigenvalue weighted by Crippen LogP contribution is 2.10. The van der Waals surface area contributed by atoms with E-state index in [9.17, 15) is 4.79 Å². The van der Waals surface area contributed by atoms with Gasteiger partial charge in [0.2, 0.25) is 0 Å². The average Bonchev–Trinajstić information content (AvgIpc) is 2.52. The monoisotopic (exact) mass is 188 g/mol. The molecule has 68 valence electrons. The molecule has 1 heterocycles. The second-order valence-corrected chi connectivity index (χ2v) is 2.89. The van der Waals surface area contributed by atoms with Crippen molar-refractivity contribution in [2.24, 2.45) is 0 Å². The molecule has 4 nitrogen and oxygen atoms in total. The molecule has 1 aromatic rings. The summed E-state index contributed by atoms with van der Waals surface area (Å²) in [5.41, 5.74) is 5.20. The minimum absolute atomic E-state index is 0.437. The van der Waals surface area contributed by atoms with E-state index >= 15 is 0 Å². The molecule has 0 radical (unpaired) electrons. The third kappa shape index (κ3) is 4.81. The molecule has 0 aliphatic heterocycles. The second kappa shape index (κ2) is 6.75. The lowest BCUT2D eigenvalue weighted by Crippen LogP contribution is -1.77. The summed E-state index contributed by atoms with van der Waals surface area (Å²) in [6, 6.07) is 0. The smallest absolute Gasteiger partial charge is 0.180 e. The van der Waals surface area contributed by atoms with Crippen molar-refractivity contribution in [1.29, 1.82) is 0 Å². The van der Waals surface area contributed by atoms with Crippen molar-refractivity contribution in [3.05, 3.63) is 11.1 Å². The van der Waals surface area contributed by atoms with Gasteiger partial charge in [0.15, 0.2) is 11.4 Å². The van der Waals surface area contributed by atoms with Crippen molar-refractivity contribution in [2.75, 3.05) is 19.5 Å². The Bertz CT molecular complexity index is 223. The molecular weight excluding hydrogens is 176 g/mol. The summed E-state index contributed by atoms with van der Waals surface area (Å²) in [6.45, 7) is 2.78. The predicted octanol–water partition coefficient (Wildman–Crippen LogP) is 1.19. The number of nitrogens with two attached hydrogens (primary N) is 1. The molecule has 0 atom stereocenters. The van der Waals surface area contributed by atoms with Gasteiger partial charge in [-0.1, -0.05) is 11.3 Å². The number of hydrogen-bond acceptors (Lipinski definition) is 5. The molecule has 1 rings (SSSR count). The van der Waals surface area contributed by atoms with E-state index in [1.165, 1.54) is 17.5 Å². The van der Waals surface area contributed by atoms with Gasteiger partial charge in [-0.25, -0.2) is 4.98 Å². The van der Waals surface area contributed by atoms with E-state index in [-0.39, 0.29) is 0 Å². The van der Waals surface area contributed by atoms with Crippen LogP contribution in [0.15, 0.2) is 6.20 Å². The molecular formula is C7H12N2O2S. The number of aromatic nitrogens is 1. The zero-order chi connectivity index (χ0) is 9.40. The van der Waals surface area contributed by atoms with Crippen molar-refractivity contribution in [3.8, 4) is 0 Å². The van der Waals surface area contributed by atoms with Crippen LogP contribution in [0, 0.1) is 0 Å². The topological polar surface area (TPSA) is 65.2 Å². The first-order chi connectivity index (χ1) is 5.74. The number of hydrogen-bond donors (Lipinski definition) is 1. The van der Waals surface area contributed by atoms with Gasteiger partial charge in [0, 0.05) is 13.7 Å². The van der Waals surface area contributed by atoms with Crippen LogP contribution in [0.25, 0.3) is 0 Å². The van der Waals surface area contributed by atoms with Crippen LogP contribution in [-0.4, -0.2) is 25.0 Å². The molecule has 1 aromatic heterocycles. The Morgan fingerprint density at radius 3 is 2.58 bits per heavy atom. The number of methoxy groups -OCH3 is 1. The van der Waals surface area contributed by atoms with Crippen molar-refractivity contribution in [3.63, 3.8) is 0 Å². The highest BCUT2D eigenvalue weighted by molar-refractivity contribution is 7.16. The van der Waals surface area contributed by atoms with Crippen molar-refractivity contribution >= 4 is 22.8 Å². The van der Waals surface area contributed by atoms with E-state index in [0.717, 1.165) is 12.9 Å². The molecule has 12 heavy (non-hydrogen) atoms. The number of aldehydes is 1. The first-order valence-corrected chi connectivity index (χ1v) is 4.21. The molecule has 0 amide bonds. The third-order valence-corrected chi connectivity index (χ3v) is 1.70. The molecule has 0 bridgehead atoms. The van der Waals surface area contributed by atoms with Crippen LogP contribution >= 0.6 is 11.3 Å². The quantitative estimate of drug-likeness (QED) is 0.708. The first kappa shape index (κ1) is 11.1. The van der Waals surface area contributed by atoms with Crippen molar-refractivity contribution in [2.45, 2.75) is 6.92 Å². The van der Waals surface area contributed by atoms with Crippen LogP contribution in [0.1, 0.15) is 16.6 Å². The number of anilines is 1. The van der Waals surface area contributed by atoms with Gasteiger partial charge in [-0.05, 0) is 6.92 Å². The van der Waals surface area contributed by atoms with Gasteiger partial charge in [-0.15, -0.1) is 0 Å². The Labute approximate surface area is 75.4 Å². The fraction of sp³-hybridized carbons (Fsp3) is 0.429. The fourth-order valence-electron chi connectivity index (χ4n) is 0.355. The maximum Gasteiger partial charge on any atom is 0.180 e. The molecule has 0 aromatic carbocycles. The van der Waals surface area contributed by atoms with Gasteiger partial charge in [0.25, 0.3) is 0 Å². The predicted molar refractivity (Wildman–Crippen MR) is 49.5 cm³/mol. The van der Waals surface area contributed by atoms with E-state index in [1.807, 2.05) is 6.92 Å². The number of nitrogens with zero attached hydrogens (tertiary/aromatic N) is 1. The standard InChI is InChI=1S/C4H4N2OS.C3H8O/c5-4-6-1-3(2-7)8-4;1-3-4-2/h1-2H,(H2,5,6);3H2,1-2H3. The molecule has 0 aliphatic carbocycles. The van der Waals surface area contributed by atoms with Crippen LogP contribution in [0.5, 0.6) is 0 Å². The Kier molecular flexibility index (Phi) is 6.22. The summed E-state index contributed by atoms with van der Waals surface area (Å²) in [5.74, 6) is 0. The Morgan fingerprint density at radius 1 is 1.83 bits per heavy atom. The van der Waals surface area contributed by atoms with E-state index in [0.29, 0.717) is 10.0 Å². The molecule has 5 heteroatoms. The number of thiazole rings is 1.